The van der Waals surface area contributed by atoms with Crippen molar-refractivity contribution in [3.63, 3.8) is 0 Å². The maximum atomic E-state index is 11.7. The molecule has 1 amide bonds. The van der Waals surface area contributed by atoms with Gasteiger partial charge in [0.2, 0.25) is 0 Å². The van der Waals surface area contributed by atoms with Crippen molar-refractivity contribution >= 4 is 23.5 Å². The van der Waals surface area contributed by atoms with Crippen molar-refractivity contribution in [2.45, 2.75) is 6.92 Å². The maximum Gasteiger partial charge on any atom is 0.270 e. The third kappa shape index (κ3) is 3.71. The molecule has 19 heavy (non-hydrogen) atoms. The Hall–Kier alpha value is -2.55. The zero-order valence-corrected chi connectivity index (χ0v) is 10.5. The molecule has 0 N–H and O–H groups in total. The van der Waals surface area contributed by atoms with Gasteiger partial charge in [0.05, 0.1) is 5.71 Å². The Bertz CT molecular complexity index is 619. The van der Waals surface area contributed by atoms with Crippen LogP contribution < -0.4 is 0 Å². The van der Waals surface area contributed by atoms with Crippen LogP contribution in [0, 0.1) is 0 Å². The summed E-state index contributed by atoms with van der Waals surface area (Å²) in [4.78, 5) is 26.8. The number of carbonyl (C=O) groups is 2. The highest BCUT2D eigenvalue weighted by atomic mass is 16.1. The summed E-state index contributed by atoms with van der Waals surface area (Å²) >= 11 is 0. The fraction of sp³-hybridized carbons (Fsp3) is 0.0625. The summed E-state index contributed by atoms with van der Waals surface area (Å²) in [6, 6.07) is 9.52. The molecule has 1 aromatic carbocycles. The lowest BCUT2D eigenvalue weighted by Gasteiger charge is -2.02. The third-order valence-electron chi connectivity index (χ3n) is 2.62. The molecule has 0 aromatic heterocycles. The molecule has 1 aromatic rings. The summed E-state index contributed by atoms with van der Waals surface area (Å²) in [5.41, 5.74) is 2.03. The van der Waals surface area contributed by atoms with Crippen molar-refractivity contribution in [1.29, 1.82) is 0 Å². The second-order valence-corrected chi connectivity index (χ2v) is 4.14. The number of ketones is 1. The predicted molar refractivity (Wildman–Crippen MR) is 75.8 cm³/mol. The molecule has 0 spiro atoms. The van der Waals surface area contributed by atoms with Crippen molar-refractivity contribution in [3.05, 3.63) is 65.8 Å². The summed E-state index contributed by atoms with van der Waals surface area (Å²) in [5.74, 6) is -0.395. The van der Waals surface area contributed by atoms with E-state index in [1.807, 2.05) is 30.3 Å². The number of nitrogens with zero attached hydrogens (tertiary/aromatic N) is 1. The molecule has 1 aliphatic carbocycles. The van der Waals surface area contributed by atoms with E-state index in [1.54, 1.807) is 25.2 Å². The second-order valence-electron chi connectivity index (χ2n) is 4.14. The third-order valence-corrected chi connectivity index (χ3v) is 2.62. The van der Waals surface area contributed by atoms with Gasteiger partial charge in [0.15, 0.2) is 5.78 Å². The minimum Gasteiger partial charge on any atom is -0.290 e. The number of carbonyl (C=O) groups excluding carboxylic acids is 2. The van der Waals surface area contributed by atoms with Gasteiger partial charge in [0.1, 0.15) is 0 Å². The molecule has 2 rings (SSSR count). The molecule has 0 atom stereocenters. The van der Waals surface area contributed by atoms with Gasteiger partial charge >= 0.3 is 0 Å². The Morgan fingerprint density at radius 3 is 2.58 bits per heavy atom. The largest absolute Gasteiger partial charge is 0.290 e. The zero-order chi connectivity index (χ0) is 13.7. The number of amides is 1. The minimum atomic E-state index is -0.345. The first-order valence-corrected chi connectivity index (χ1v) is 5.91. The molecule has 0 radical (unpaired) electrons. The van der Waals surface area contributed by atoms with Crippen LogP contribution in [-0.2, 0) is 9.59 Å². The van der Waals surface area contributed by atoms with Crippen LogP contribution in [0.25, 0.3) is 6.08 Å². The first-order chi connectivity index (χ1) is 9.15. The number of aliphatic imine (C=N–C) groups is 1. The van der Waals surface area contributed by atoms with Gasteiger partial charge in [-0.3, -0.25) is 9.59 Å². The number of hydrogen-bond donors (Lipinski definition) is 0. The van der Waals surface area contributed by atoms with Crippen LogP contribution >= 0.6 is 0 Å². The van der Waals surface area contributed by atoms with E-state index in [0.29, 0.717) is 11.3 Å². The lowest BCUT2D eigenvalue weighted by molar-refractivity contribution is -0.113. The number of rotatable bonds is 2. The van der Waals surface area contributed by atoms with Gasteiger partial charge in [-0.1, -0.05) is 30.3 Å². The SMILES string of the molecule is CC1=CC(=NC(=O)C=Cc2ccccc2)C=CC1=O. The number of benzene rings is 1. The minimum absolute atomic E-state index is 0.0498. The maximum absolute atomic E-state index is 11.7. The normalized spacial score (nSPS) is 17.0. The summed E-state index contributed by atoms with van der Waals surface area (Å²) < 4.78 is 0. The standard InChI is InChI=1S/C16H13NO2/c1-12-11-14(8-9-15(12)18)17-16(19)10-7-13-5-3-2-4-6-13/h2-11H,1H3. The molecule has 0 heterocycles. The quantitative estimate of drug-likeness (QED) is 0.599. The van der Waals surface area contributed by atoms with Gasteiger partial charge in [-0.15, -0.1) is 0 Å². The van der Waals surface area contributed by atoms with Crippen molar-refractivity contribution in [2.75, 3.05) is 0 Å². The summed E-state index contributed by atoms with van der Waals surface area (Å²) in [5, 5.41) is 0. The van der Waals surface area contributed by atoms with Gasteiger partial charge in [-0.05, 0) is 42.4 Å². The first kappa shape index (κ1) is 12.9. The van der Waals surface area contributed by atoms with Crippen molar-refractivity contribution in [2.24, 2.45) is 4.99 Å². The molecule has 0 bridgehead atoms. The van der Waals surface area contributed by atoms with Crippen LogP contribution in [-0.4, -0.2) is 17.4 Å². The van der Waals surface area contributed by atoms with E-state index >= 15 is 0 Å². The lowest BCUT2D eigenvalue weighted by atomic mass is 10.1. The molecule has 1 aliphatic rings. The van der Waals surface area contributed by atoms with Crippen LogP contribution in [0.1, 0.15) is 12.5 Å². The van der Waals surface area contributed by atoms with Crippen LogP contribution in [0.3, 0.4) is 0 Å². The molecular formula is C16H13NO2. The van der Waals surface area contributed by atoms with Gasteiger partial charge < -0.3 is 0 Å². The van der Waals surface area contributed by atoms with E-state index in [1.165, 1.54) is 12.2 Å². The van der Waals surface area contributed by atoms with E-state index < -0.39 is 0 Å². The molecule has 0 aliphatic heterocycles. The molecule has 0 unspecified atom stereocenters. The summed E-state index contributed by atoms with van der Waals surface area (Å²) in [6.45, 7) is 1.70. The molecular weight excluding hydrogens is 238 g/mol. The van der Waals surface area contributed by atoms with Crippen molar-refractivity contribution in [3.8, 4) is 0 Å². The fourth-order valence-corrected chi connectivity index (χ4v) is 1.60. The van der Waals surface area contributed by atoms with E-state index in [2.05, 4.69) is 4.99 Å². The van der Waals surface area contributed by atoms with Gasteiger partial charge in [0.25, 0.3) is 5.91 Å². The highest BCUT2D eigenvalue weighted by Crippen LogP contribution is 2.06. The number of hydrogen-bond acceptors (Lipinski definition) is 2. The summed E-state index contributed by atoms with van der Waals surface area (Å²) in [7, 11) is 0. The van der Waals surface area contributed by atoms with E-state index in [9.17, 15) is 9.59 Å². The topological polar surface area (TPSA) is 46.5 Å². The lowest BCUT2D eigenvalue weighted by Crippen LogP contribution is -2.06. The molecule has 3 heteroatoms. The highest BCUT2D eigenvalue weighted by molar-refractivity contribution is 6.21. The first-order valence-electron chi connectivity index (χ1n) is 5.91. The zero-order valence-electron chi connectivity index (χ0n) is 10.5. The van der Waals surface area contributed by atoms with Gasteiger partial charge in [0, 0.05) is 6.08 Å². The fourth-order valence-electron chi connectivity index (χ4n) is 1.60. The molecule has 3 nitrogen and oxygen atoms in total. The predicted octanol–water partition coefficient (Wildman–Crippen LogP) is 2.75. The van der Waals surface area contributed by atoms with Crippen molar-refractivity contribution in [1.82, 2.24) is 0 Å². The van der Waals surface area contributed by atoms with Gasteiger partial charge in [-0.2, -0.15) is 0 Å². The summed E-state index contributed by atoms with van der Waals surface area (Å²) in [6.07, 6.45) is 7.69. The van der Waals surface area contributed by atoms with Crippen LogP contribution in [0.15, 0.2) is 65.2 Å². The van der Waals surface area contributed by atoms with E-state index in [-0.39, 0.29) is 11.7 Å². The van der Waals surface area contributed by atoms with Crippen LogP contribution in [0.5, 0.6) is 0 Å². The Morgan fingerprint density at radius 1 is 1.16 bits per heavy atom. The average molecular weight is 251 g/mol. The van der Waals surface area contributed by atoms with Crippen molar-refractivity contribution < 1.29 is 9.59 Å². The van der Waals surface area contributed by atoms with Gasteiger partial charge in [-0.25, -0.2) is 4.99 Å². The Balaban J connectivity index is 2.08. The molecule has 94 valence electrons. The van der Waals surface area contributed by atoms with E-state index in [0.717, 1.165) is 5.56 Å². The molecule has 0 saturated carbocycles. The van der Waals surface area contributed by atoms with E-state index in [4.69, 9.17) is 0 Å². The average Bonchev–Trinajstić information content (AvgIpc) is 2.42. The Labute approximate surface area is 111 Å². The smallest absolute Gasteiger partial charge is 0.270 e. The Morgan fingerprint density at radius 2 is 1.89 bits per heavy atom. The monoisotopic (exact) mass is 251 g/mol. The Kier molecular flexibility index (Phi) is 3.98. The van der Waals surface area contributed by atoms with Crippen LogP contribution in [0.4, 0.5) is 0 Å². The number of allylic oxidation sites excluding steroid dienone is 4. The second kappa shape index (κ2) is 5.87. The molecule has 0 fully saturated rings. The highest BCUT2D eigenvalue weighted by Gasteiger charge is 2.07. The van der Waals surface area contributed by atoms with Crippen LogP contribution in [0.2, 0.25) is 0 Å². The molecule has 0 saturated heterocycles.